The van der Waals surface area contributed by atoms with Gasteiger partial charge < -0.3 is 4.74 Å². The molecule has 0 aliphatic carbocycles. The van der Waals surface area contributed by atoms with Gasteiger partial charge in [-0.2, -0.15) is 0 Å². The van der Waals surface area contributed by atoms with E-state index in [1.165, 1.54) is 0 Å². The summed E-state index contributed by atoms with van der Waals surface area (Å²) in [6.07, 6.45) is 0. The van der Waals surface area contributed by atoms with Crippen LogP contribution in [0.25, 0.3) is 0 Å². The molecule has 0 spiro atoms. The predicted molar refractivity (Wildman–Crippen MR) is 87.3 cm³/mol. The highest BCUT2D eigenvalue weighted by molar-refractivity contribution is 9.11. The Bertz CT molecular complexity index is 547. The van der Waals surface area contributed by atoms with Crippen molar-refractivity contribution in [2.24, 2.45) is 5.92 Å². The summed E-state index contributed by atoms with van der Waals surface area (Å²) in [5.74, 6) is 0.141. The van der Waals surface area contributed by atoms with Crippen molar-refractivity contribution in [2.45, 2.75) is 31.7 Å². The van der Waals surface area contributed by atoms with E-state index in [0.717, 1.165) is 0 Å². The quantitative estimate of drug-likeness (QED) is 0.722. The van der Waals surface area contributed by atoms with Crippen molar-refractivity contribution in [3.8, 4) is 0 Å². The van der Waals surface area contributed by atoms with E-state index in [1.54, 1.807) is 18.2 Å². The fourth-order valence-electron chi connectivity index (χ4n) is 1.55. The van der Waals surface area contributed by atoms with Crippen molar-refractivity contribution in [2.75, 3.05) is 13.2 Å². The van der Waals surface area contributed by atoms with Crippen molar-refractivity contribution in [3.63, 3.8) is 0 Å². The van der Waals surface area contributed by atoms with Gasteiger partial charge in [-0.15, -0.1) is 0 Å². The molecule has 1 rings (SSSR count). The third-order valence-corrected chi connectivity index (χ3v) is 5.77. The van der Waals surface area contributed by atoms with Crippen molar-refractivity contribution in [1.82, 2.24) is 4.72 Å². The number of hydrogen-bond acceptors (Lipinski definition) is 3. The van der Waals surface area contributed by atoms with Gasteiger partial charge in [0, 0.05) is 21.6 Å². The Labute approximate surface area is 137 Å². The van der Waals surface area contributed by atoms with Crippen LogP contribution >= 0.6 is 31.9 Å². The zero-order chi connectivity index (χ0) is 15.3. The van der Waals surface area contributed by atoms with Gasteiger partial charge >= 0.3 is 0 Å². The molecule has 0 saturated heterocycles. The summed E-state index contributed by atoms with van der Waals surface area (Å²) in [4.78, 5) is 0.217. The van der Waals surface area contributed by atoms with Crippen molar-refractivity contribution in [3.05, 3.63) is 27.1 Å². The third kappa shape index (κ3) is 5.11. The van der Waals surface area contributed by atoms with E-state index in [1.807, 2.05) is 20.8 Å². The second-order valence-electron chi connectivity index (χ2n) is 4.71. The van der Waals surface area contributed by atoms with Crippen molar-refractivity contribution < 1.29 is 13.2 Å². The predicted octanol–water partition coefficient (Wildman–Crippen LogP) is 3.55. The van der Waals surface area contributed by atoms with Crippen LogP contribution in [0, 0.1) is 5.92 Å². The molecule has 1 aromatic carbocycles. The van der Waals surface area contributed by atoms with Crippen molar-refractivity contribution in [1.29, 1.82) is 0 Å². The highest BCUT2D eigenvalue weighted by Gasteiger charge is 2.24. The van der Waals surface area contributed by atoms with Crippen LogP contribution in [0.2, 0.25) is 0 Å². The molecule has 0 aliphatic heterocycles. The van der Waals surface area contributed by atoms with E-state index in [4.69, 9.17) is 4.74 Å². The summed E-state index contributed by atoms with van der Waals surface area (Å²) in [5, 5.41) is 0. The molecular formula is C13H19Br2NO3S. The lowest BCUT2D eigenvalue weighted by molar-refractivity contribution is 0.116. The molecule has 114 valence electrons. The lowest BCUT2D eigenvalue weighted by atomic mass is 10.1. The van der Waals surface area contributed by atoms with E-state index < -0.39 is 10.0 Å². The Hall–Kier alpha value is 0.0500. The molecule has 20 heavy (non-hydrogen) atoms. The van der Waals surface area contributed by atoms with Gasteiger partial charge in [0.15, 0.2) is 0 Å². The summed E-state index contributed by atoms with van der Waals surface area (Å²) in [6.45, 7) is 6.73. The topological polar surface area (TPSA) is 55.4 Å². The molecule has 1 atom stereocenters. The average Bonchev–Trinajstić information content (AvgIpc) is 2.36. The summed E-state index contributed by atoms with van der Waals surface area (Å²) < 4.78 is 34.2. The minimum atomic E-state index is -3.59. The molecule has 1 aromatic rings. The molecule has 0 bridgehead atoms. The molecule has 0 aromatic heterocycles. The molecule has 7 heteroatoms. The Balaban J connectivity index is 3.00. The van der Waals surface area contributed by atoms with Crippen molar-refractivity contribution >= 4 is 41.9 Å². The van der Waals surface area contributed by atoms with Gasteiger partial charge in [0.2, 0.25) is 10.0 Å². The molecule has 0 heterocycles. The van der Waals surface area contributed by atoms with Crippen LogP contribution in [0.3, 0.4) is 0 Å². The van der Waals surface area contributed by atoms with Crippen LogP contribution in [0.1, 0.15) is 20.8 Å². The van der Waals surface area contributed by atoms with E-state index in [9.17, 15) is 8.42 Å². The van der Waals surface area contributed by atoms with Gasteiger partial charge in [0.05, 0.1) is 11.5 Å². The van der Waals surface area contributed by atoms with Gasteiger partial charge in [-0.05, 0) is 47.0 Å². The van der Waals surface area contributed by atoms with E-state index in [0.29, 0.717) is 22.2 Å². The monoisotopic (exact) mass is 427 g/mol. The summed E-state index contributed by atoms with van der Waals surface area (Å²) in [5.41, 5.74) is 0. The second-order valence-corrected chi connectivity index (χ2v) is 8.16. The first-order chi connectivity index (χ1) is 9.27. The lowest BCUT2D eigenvalue weighted by Gasteiger charge is -2.22. The number of benzene rings is 1. The first kappa shape index (κ1) is 18.1. The molecule has 1 unspecified atom stereocenters. The number of rotatable bonds is 7. The molecule has 0 saturated carbocycles. The number of hydrogen-bond donors (Lipinski definition) is 1. The number of halogens is 2. The number of nitrogens with one attached hydrogen (secondary N) is 1. The fourth-order valence-corrected chi connectivity index (χ4v) is 4.42. The maximum Gasteiger partial charge on any atom is 0.242 e. The van der Waals surface area contributed by atoms with Gasteiger partial charge in [-0.25, -0.2) is 13.1 Å². The van der Waals surface area contributed by atoms with Gasteiger partial charge in [-0.1, -0.05) is 29.8 Å². The summed E-state index contributed by atoms with van der Waals surface area (Å²) in [6, 6.07) is 4.80. The van der Waals surface area contributed by atoms with Crippen LogP contribution in [0.15, 0.2) is 32.0 Å². The van der Waals surface area contributed by atoms with Crippen LogP contribution in [0.4, 0.5) is 0 Å². The van der Waals surface area contributed by atoms with Crippen LogP contribution in [-0.4, -0.2) is 27.7 Å². The van der Waals surface area contributed by atoms with Crippen LogP contribution in [-0.2, 0) is 14.8 Å². The van der Waals surface area contributed by atoms with Gasteiger partial charge in [0.1, 0.15) is 0 Å². The number of ether oxygens (including phenoxy) is 1. The minimum Gasteiger partial charge on any atom is -0.380 e. The van der Waals surface area contributed by atoms with E-state index >= 15 is 0 Å². The maximum atomic E-state index is 12.5. The SMILES string of the molecule is CCOCC(NS(=O)(=O)c1cc(Br)ccc1Br)C(C)C. The van der Waals surface area contributed by atoms with Crippen LogP contribution < -0.4 is 4.72 Å². The molecule has 0 aliphatic rings. The van der Waals surface area contributed by atoms with E-state index in [-0.39, 0.29) is 16.9 Å². The molecule has 0 radical (unpaired) electrons. The highest BCUT2D eigenvalue weighted by atomic mass is 79.9. The zero-order valence-electron chi connectivity index (χ0n) is 11.7. The highest BCUT2D eigenvalue weighted by Crippen LogP contribution is 2.26. The molecule has 4 nitrogen and oxygen atoms in total. The fraction of sp³-hybridized carbons (Fsp3) is 0.538. The maximum absolute atomic E-state index is 12.5. The molecular weight excluding hydrogens is 410 g/mol. The van der Waals surface area contributed by atoms with Gasteiger partial charge in [0.25, 0.3) is 0 Å². The molecule has 0 fully saturated rings. The average molecular weight is 429 g/mol. The smallest absolute Gasteiger partial charge is 0.242 e. The normalized spacial score (nSPS) is 13.7. The zero-order valence-corrected chi connectivity index (χ0v) is 15.7. The van der Waals surface area contributed by atoms with Gasteiger partial charge in [-0.3, -0.25) is 0 Å². The summed E-state index contributed by atoms with van der Waals surface area (Å²) in [7, 11) is -3.59. The first-order valence-electron chi connectivity index (χ1n) is 6.33. The standard InChI is InChI=1S/C13H19Br2NO3S/c1-4-19-8-12(9(2)3)16-20(17,18)13-7-10(14)5-6-11(13)15/h5-7,9,12,16H,4,8H2,1-3H3. The minimum absolute atomic E-state index is 0.141. The molecule has 1 N–H and O–H groups in total. The Morgan fingerprint density at radius 2 is 1.95 bits per heavy atom. The summed E-state index contributed by atoms with van der Waals surface area (Å²) >= 11 is 6.56. The molecule has 0 amide bonds. The Morgan fingerprint density at radius 1 is 1.30 bits per heavy atom. The first-order valence-corrected chi connectivity index (χ1v) is 9.40. The van der Waals surface area contributed by atoms with Crippen LogP contribution in [0.5, 0.6) is 0 Å². The largest absolute Gasteiger partial charge is 0.380 e. The lowest BCUT2D eigenvalue weighted by Crippen LogP contribution is -2.41. The Kier molecular flexibility index (Phi) is 7.14. The van der Waals surface area contributed by atoms with E-state index in [2.05, 4.69) is 36.6 Å². The Morgan fingerprint density at radius 3 is 2.50 bits per heavy atom. The number of sulfonamides is 1. The third-order valence-electron chi connectivity index (χ3n) is 2.80. The second kappa shape index (κ2) is 7.89.